The molecular weight excluding hydrogens is 158 g/mol. The van der Waals surface area contributed by atoms with Crippen LogP contribution in [0.15, 0.2) is 12.7 Å². The van der Waals surface area contributed by atoms with Crippen molar-refractivity contribution >= 4 is 5.97 Å². The highest BCUT2D eigenvalue weighted by Crippen LogP contribution is 2.14. The van der Waals surface area contributed by atoms with Crippen LogP contribution in [0.1, 0.15) is 19.9 Å². The summed E-state index contributed by atoms with van der Waals surface area (Å²) in [5.74, 6) is -1.63. The van der Waals surface area contributed by atoms with Gasteiger partial charge in [-0.3, -0.25) is 0 Å². The summed E-state index contributed by atoms with van der Waals surface area (Å²) in [6.07, 6.45) is 2.86. The molecule has 0 saturated carbocycles. The van der Waals surface area contributed by atoms with E-state index >= 15 is 0 Å². The number of carbonyl (C=O) groups is 1. The molecule has 0 amide bonds. The van der Waals surface area contributed by atoms with Gasteiger partial charge in [0.15, 0.2) is 0 Å². The molecule has 0 N–H and O–H groups in total. The van der Waals surface area contributed by atoms with Crippen molar-refractivity contribution in [2.45, 2.75) is 19.9 Å². The van der Waals surface area contributed by atoms with E-state index in [1.54, 1.807) is 13.8 Å². The molecule has 0 aliphatic carbocycles. The standard InChI is InChI=1S/C7H11N3O2/c1-5(7(11)12)6(2)10-4-8-3-9-10/h3-6H,1-2H3,(H,11,12)/p-1. The van der Waals surface area contributed by atoms with Gasteiger partial charge in [0, 0.05) is 11.9 Å². The van der Waals surface area contributed by atoms with Crippen molar-refractivity contribution in [3.63, 3.8) is 0 Å². The van der Waals surface area contributed by atoms with Gasteiger partial charge < -0.3 is 9.90 Å². The summed E-state index contributed by atoms with van der Waals surface area (Å²) in [6.45, 7) is 3.34. The minimum absolute atomic E-state index is 0.225. The number of aliphatic carboxylic acids is 1. The van der Waals surface area contributed by atoms with Crippen molar-refractivity contribution in [3.8, 4) is 0 Å². The lowest BCUT2D eigenvalue weighted by Gasteiger charge is -2.20. The van der Waals surface area contributed by atoms with Gasteiger partial charge in [0.1, 0.15) is 12.7 Å². The van der Waals surface area contributed by atoms with E-state index in [2.05, 4.69) is 10.1 Å². The zero-order valence-electron chi connectivity index (χ0n) is 6.97. The molecule has 0 aromatic carbocycles. The van der Waals surface area contributed by atoms with Gasteiger partial charge in [-0.1, -0.05) is 6.92 Å². The van der Waals surface area contributed by atoms with Gasteiger partial charge in [0.05, 0.1) is 6.04 Å². The molecule has 1 aromatic heterocycles. The molecule has 0 fully saturated rings. The van der Waals surface area contributed by atoms with Gasteiger partial charge in [0.2, 0.25) is 0 Å². The second-order valence-electron chi connectivity index (χ2n) is 2.72. The molecule has 5 nitrogen and oxygen atoms in total. The van der Waals surface area contributed by atoms with E-state index in [4.69, 9.17) is 0 Å². The summed E-state index contributed by atoms with van der Waals surface area (Å²) < 4.78 is 1.50. The van der Waals surface area contributed by atoms with Gasteiger partial charge in [-0.15, -0.1) is 0 Å². The van der Waals surface area contributed by atoms with Crippen molar-refractivity contribution in [1.29, 1.82) is 0 Å². The Morgan fingerprint density at radius 2 is 2.25 bits per heavy atom. The molecule has 0 aliphatic heterocycles. The predicted molar refractivity (Wildman–Crippen MR) is 38.9 cm³/mol. The van der Waals surface area contributed by atoms with Crippen LogP contribution < -0.4 is 5.11 Å². The molecule has 66 valence electrons. The first-order valence-electron chi connectivity index (χ1n) is 3.68. The first kappa shape index (κ1) is 8.70. The average molecular weight is 168 g/mol. The normalized spacial score (nSPS) is 15.5. The molecule has 2 unspecified atom stereocenters. The fourth-order valence-corrected chi connectivity index (χ4v) is 0.854. The van der Waals surface area contributed by atoms with E-state index in [0.717, 1.165) is 0 Å². The maximum Gasteiger partial charge on any atom is 0.137 e. The van der Waals surface area contributed by atoms with Crippen LogP contribution >= 0.6 is 0 Å². The minimum Gasteiger partial charge on any atom is -0.550 e. The maximum absolute atomic E-state index is 10.5. The van der Waals surface area contributed by atoms with Crippen molar-refractivity contribution < 1.29 is 9.90 Å². The molecule has 1 heterocycles. The Kier molecular flexibility index (Phi) is 2.42. The molecule has 2 atom stereocenters. The Bertz CT molecular complexity index is 258. The molecule has 1 rings (SSSR count). The molecule has 0 aliphatic rings. The fraction of sp³-hybridized carbons (Fsp3) is 0.571. The highest BCUT2D eigenvalue weighted by molar-refractivity contribution is 5.67. The minimum atomic E-state index is -1.07. The summed E-state index contributed by atoms with van der Waals surface area (Å²) >= 11 is 0. The van der Waals surface area contributed by atoms with Crippen LogP contribution in [0.2, 0.25) is 0 Å². The van der Waals surface area contributed by atoms with Crippen LogP contribution in [-0.2, 0) is 4.79 Å². The monoisotopic (exact) mass is 168 g/mol. The number of carboxylic acids is 1. The lowest BCUT2D eigenvalue weighted by molar-refractivity contribution is -0.312. The lowest BCUT2D eigenvalue weighted by Crippen LogP contribution is -2.34. The van der Waals surface area contributed by atoms with Crippen LogP contribution in [0.5, 0.6) is 0 Å². The average Bonchev–Trinajstić information content (AvgIpc) is 2.53. The quantitative estimate of drug-likeness (QED) is 0.594. The Morgan fingerprint density at radius 1 is 1.58 bits per heavy atom. The third kappa shape index (κ3) is 1.61. The second kappa shape index (κ2) is 3.34. The number of hydrogen-bond donors (Lipinski definition) is 0. The Hall–Kier alpha value is -1.39. The van der Waals surface area contributed by atoms with Gasteiger partial charge >= 0.3 is 0 Å². The molecular formula is C7H10N3O2-. The van der Waals surface area contributed by atoms with Crippen LogP contribution in [0.3, 0.4) is 0 Å². The van der Waals surface area contributed by atoms with E-state index < -0.39 is 11.9 Å². The molecule has 0 bridgehead atoms. The highest BCUT2D eigenvalue weighted by atomic mass is 16.4. The van der Waals surface area contributed by atoms with E-state index in [9.17, 15) is 9.90 Å². The van der Waals surface area contributed by atoms with Gasteiger partial charge in [-0.2, -0.15) is 5.10 Å². The summed E-state index contributed by atoms with van der Waals surface area (Å²) in [7, 11) is 0. The molecule has 0 saturated heterocycles. The number of carboxylic acid groups (broad SMARTS) is 1. The van der Waals surface area contributed by atoms with E-state index in [1.807, 2.05) is 0 Å². The Balaban J connectivity index is 2.71. The van der Waals surface area contributed by atoms with Crippen LogP contribution in [0.4, 0.5) is 0 Å². The first-order chi connectivity index (χ1) is 5.63. The summed E-state index contributed by atoms with van der Waals surface area (Å²) in [5, 5.41) is 14.3. The van der Waals surface area contributed by atoms with E-state index in [0.29, 0.717) is 0 Å². The van der Waals surface area contributed by atoms with Gasteiger partial charge in [0.25, 0.3) is 0 Å². The first-order valence-corrected chi connectivity index (χ1v) is 3.68. The summed E-state index contributed by atoms with van der Waals surface area (Å²) in [5.41, 5.74) is 0. The molecule has 5 heteroatoms. The third-order valence-corrected chi connectivity index (χ3v) is 1.95. The van der Waals surface area contributed by atoms with Gasteiger partial charge in [-0.25, -0.2) is 9.67 Å². The lowest BCUT2D eigenvalue weighted by atomic mass is 10.1. The zero-order chi connectivity index (χ0) is 9.14. The molecule has 0 spiro atoms. The number of rotatable bonds is 3. The third-order valence-electron chi connectivity index (χ3n) is 1.95. The Labute approximate surface area is 70.0 Å². The number of nitrogens with zero attached hydrogens (tertiary/aromatic N) is 3. The SMILES string of the molecule is CC(C(=O)[O-])C(C)n1cncn1. The van der Waals surface area contributed by atoms with E-state index in [1.165, 1.54) is 17.3 Å². The number of hydrogen-bond acceptors (Lipinski definition) is 4. The maximum atomic E-state index is 10.5. The zero-order valence-corrected chi connectivity index (χ0v) is 6.97. The number of carbonyl (C=O) groups excluding carboxylic acids is 1. The molecule has 1 aromatic rings. The molecule has 0 radical (unpaired) electrons. The van der Waals surface area contributed by atoms with Gasteiger partial charge in [-0.05, 0) is 6.92 Å². The van der Waals surface area contributed by atoms with Crippen molar-refractivity contribution in [2.24, 2.45) is 5.92 Å². The summed E-state index contributed by atoms with van der Waals surface area (Å²) in [6, 6.07) is -0.225. The van der Waals surface area contributed by atoms with Crippen LogP contribution in [-0.4, -0.2) is 20.7 Å². The predicted octanol–water partition coefficient (Wildman–Crippen LogP) is -0.775. The summed E-state index contributed by atoms with van der Waals surface area (Å²) in [4.78, 5) is 14.2. The van der Waals surface area contributed by atoms with Crippen molar-refractivity contribution in [3.05, 3.63) is 12.7 Å². The smallest absolute Gasteiger partial charge is 0.137 e. The highest BCUT2D eigenvalue weighted by Gasteiger charge is 2.14. The van der Waals surface area contributed by atoms with E-state index in [-0.39, 0.29) is 6.04 Å². The van der Waals surface area contributed by atoms with Crippen molar-refractivity contribution in [2.75, 3.05) is 0 Å². The largest absolute Gasteiger partial charge is 0.550 e. The number of aromatic nitrogens is 3. The second-order valence-corrected chi connectivity index (χ2v) is 2.72. The Morgan fingerprint density at radius 3 is 2.67 bits per heavy atom. The van der Waals surface area contributed by atoms with Crippen molar-refractivity contribution in [1.82, 2.24) is 14.8 Å². The molecule has 12 heavy (non-hydrogen) atoms. The van der Waals surface area contributed by atoms with Crippen LogP contribution in [0, 0.1) is 5.92 Å². The fourth-order valence-electron chi connectivity index (χ4n) is 0.854. The topological polar surface area (TPSA) is 70.8 Å². The van der Waals surface area contributed by atoms with Crippen LogP contribution in [0.25, 0.3) is 0 Å².